The van der Waals surface area contributed by atoms with E-state index in [0.29, 0.717) is 12.4 Å². The predicted octanol–water partition coefficient (Wildman–Crippen LogP) is 2.16. The Kier molecular flexibility index (Phi) is 5.10. The SMILES string of the molecule is O=C(O)c1cc(OCCCN2CCCC2)ccc1[N+](=O)[O-]. The summed E-state index contributed by atoms with van der Waals surface area (Å²) < 4.78 is 5.48. The van der Waals surface area contributed by atoms with Gasteiger partial charge in [-0.3, -0.25) is 10.1 Å². The Morgan fingerprint density at radius 2 is 2.10 bits per heavy atom. The molecule has 1 saturated heterocycles. The number of hydrogen-bond donors (Lipinski definition) is 1. The van der Waals surface area contributed by atoms with Crippen LogP contribution in [0.2, 0.25) is 0 Å². The number of benzene rings is 1. The molecule has 0 spiro atoms. The molecule has 114 valence electrons. The monoisotopic (exact) mass is 294 g/mol. The third-order valence-electron chi connectivity index (χ3n) is 3.48. The topological polar surface area (TPSA) is 92.9 Å². The molecule has 21 heavy (non-hydrogen) atoms. The molecule has 1 fully saturated rings. The summed E-state index contributed by atoms with van der Waals surface area (Å²) in [6.45, 7) is 3.67. The second-order valence-corrected chi connectivity index (χ2v) is 4.99. The van der Waals surface area contributed by atoms with Crippen LogP contribution in [-0.4, -0.2) is 47.1 Å². The molecule has 2 rings (SSSR count). The number of carbonyl (C=O) groups is 1. The first-order chi connectivity index (χ1) is 10.1. The van der Waals surface area contributed by atoms with E-state index in [1.54, 1.807) is 0 Å². The van der Waals surface area contributed by atoms with E-state index in [0.717, 1.165) is 26.1 Å². The maximum absolute atomic E-state index is 11.0. The van der Waals surface area contributed by atoms with Gasteiger partial charge in [-0.25, -0.2) is 4.79 Å². The number of ether oxygens (including phenoxy) is 1. The van der Waals surface area contributed by atoms with E-state index in [2.05, 4.69) is 4.90 Å². The summed E-state index contributed by atoms with van der Waals surface area (Å²) in [6.07, 6.45) is 3.33. The lowest BCUT2D eigenvalue weighted by Gasteiger charge is -2.14. The summed E-state index contributed by atoms with van der Waals surface area (Å²) in [7, 11) is 0. The standard InChI is InChI=1S/C14H18N2O5/c17-14(18)12-10-11(4-5-13(12)16(19)20)21-9-3-8-15-6-1-2-7-15/h4-5,10H,1-3,6-9H2,(H,17,18). The normalized spacial score (nSPS) is 15.0. The van der Waals surface area contributed by atoms with Gasteiger partial charge in [0, 0.05) is 18.7 Å². The molecule has 7 nitrogen and oxygen atoms in total. The van der Waals surface area contributed by atoms with Gasteiger partial charge >= 0.3 is 5.97 Å². The highest BCUT2D eigenvalue weighted by molar-refractivity contribution is 5.92. The zero-order valence-electron chi connectivity index (χ0n) is 11.7. The molecule has 1 aliphatic rings. The third kappa shape index (κ3) is 4.16. The molecule has 7 heteroatoms. The molecule has 0 aliphatic carbocycles. The molecule has 1 aromatic carbocycles. The first kappa shape index (κ1) is 15.2. The second-order valence-electron chi connectivity index (χ2n) is 4.99. The van der Waals surface area contributed by atoms with Crippen LogP contribution in [0.5, 0.6) is 5.75 Å². The van der Waals surface area contributed by atoms with Gasteiger partial charge in [-0.05, 0) is 38.4 Å². The minimum absolute atomic E-state index is 0.347. The highest BCUT2D eigenvalue weighted by atomic mass is 16.6. The molecule has 0 atom stereocenters. The van der Waals surface area contributed by atoms with Crippen LogP contribution in [0.3, 0.4) is 0 Å². The summed E-state index contributed by atoms with van der Waals surface area (Å²) in [4.78, 5) is 23.4. The second kappa shape index (κ2) is 7.03. The van der Waals surface area contributed by atoms with Crippen molar-refractivity contribution in [3.63, 3.8) is 0 Å². The van der Waals surface area contributed by atoms with Crippen LogP contribution in [-0.2, 0) is 0 Å². The van der Waals surface area contributed by atoms with E-state index in [1.807, 2.05) is 0 Å². The first-order valence-electron chi connectivity index (χ1n) is 6.95. The van der Waals surface area contributed by atoms with Crippen LogP contribution in [0, 0.1) is 10.1 Å². The van der Waals surface area contributed by atoms with Crippen molar-refractivity contribution in [1.82, 2.24) is 4.90 Å². The number of rotatable bonds is 7. The van der Waals surface area contributed by atoms with Gasteiger partial charge in [-0.2, -0.15) is 0 Å². The van der Waals surface area contributed by atoms with Crippen molar-refractivity contribution in [2.24, 2.45) is 0 Å². The number of carboxylic acids is 1. The van der Waals surface area contributed by atoms with Crippen LogP contribution in [0.1, 0.15) is 29.6 Å². The highest BCUT2D eigenvalue weighted by Crippen LogP contribution is 2.24. The van der Waals surface area contributed by atoms with Gasteiger partial charge in [0.1, 0.15) is 11.3 Å². The van der Waals surface area contributed by atoms with Crippen molar-refractivity contribution < 1.29 is 19.6 Å². The predicted molar refractivity (Wildman–Crippen MR) is 75.8 cm³/mol. The lowest BCUT2D eigenvalue weighted by atomic mass is 10.1. The van der Waals surface area contributed by atoms with Crippen LogP contribution < -0.4 is 4.74 Å². The van der Waals surface area contributed by atoms with Gasteiger partial charge < -0.3 is 14.7 Å². The number of nitro benzene ring substituents is 1. The minimum atomic E-state index is -1.33. The molecule has 1 aliphatic heterocycles. The summed E-state index contributed by atoms with van der Waals surface area (Å²) >= 11 is 0. The van der Waals surface area contributed by atoms with Crippen LogP contribution in [0.4, 0.5) is 5.69 Å². The molecule has 1 heterocycles. The van der Waals surface area contributed by atoms with Crippen LogP contribution in [0.15, 0.2) is 18.2 Å². The fraction of sp³-hybridized carbons (Fsp3) is 0.500. The summed E-state index contributed by atoms with van der Waals surface area (Å²) in [5.74, 6) is -0.983. The molecular formula is C14H18N2O5. The Labute approximate surface area is 122 Å². The number of aromatic carboxylic acids is 1. The Balaban J connectivity index is 1.89. The van der Waals surface area contributed by atoms with Gasteiger partial charge in [0.2, 0.25) is 0 Å². The van der Waals surface area contributed by atoms with Crippen molar-refractivity contribution in [2.45, 2.75) is 19.3 Å². The summed E-state index contributed by atoms with van der Waals surface area (Å²) in [6, 6.07) is 3.80. The number of carboxylic acid groups (broad SMARTS) is 1. The lowest BCUT2D eigenvalue weighted by molar-refractivity contribution is -0.385. The molecular weight excluding hydrogens is 276 g/mol. The number of hydrogen-bond acceptors (Lipinski definition) is 5. The van der Waals surface area contributed by atoms with E-state index in [1.165, 1.54) is 31.0 Å². The first-order valence-corrected chi connectivity index (χ1v) is 6.95. The van der Waals surface area contributed by atoms with Crippen molar-refractivity contribution >= 4 is 11.7 Å². The molecule has 0 saturated carbocycles. The zero-order valence-corrected chi connectivity index (χ0v) is 11.7. The zero-order chi connectivity index (χ0) is 15.2. The summed E-state index contributed by atoms with van der Waals surface area (Å²) in [5, 5.41) is 19.7. The van der Waals surface area contributed by atoms with E-state index >= 15 is 0 Å². The molecule has 0 aromatic heterocycles. The maximum Gasteiger partial charge on any atom is 0.342 e. The van der Waals surface area contributed by atoms with Gasteiger partial charge in [0.25, 0.3) is 5.69 Å². The third-order valence-corrected chi connectivity index (χ3v) is 3.48. The average Bonchev–Trinajstić information content (AvgIpc) is 2.96. The van der Waals surface area contributed by atoms with Crippen LogP contribution in [0.25, 0.3) is 0 Å². The van der Waals surface area contributed by atoms with E-state index in [4.69, 9.17) is 9.84 Å². The van der Waals surface area contributed by atoms with E-state index < -0.39 is 16.6 Å². The molecule has 0 bridgehead atoms. The lowest BCUT2D eigenvalue weighted by Crippen LogP contribution is -2.21. The maximum atomic E-state index is 11.0. The van der Waals surface area contributed by atoms with Gasteiger partial charge in [-0.15, -0.1) is 0 Å². The summed E-state index contributed by atoms with van der Waals surface area (Å²) in [5.41, 5.74) is -0.774. The van der Waals surface area contributed by atoms with Gasteiger partial charge in [0.15, 0.2) is 0 Å². The van der Waals surface area contributed by atoms with Crippen molar-refractivity contribution in [2.75, 3.05) is 26.2 Å². The molecule has 1 aromatic rings. The number of likely N-dealkylation sites (tertiary alicyclic amines) is 1. The Hall–Kier alpha value is -2.15. The Morgan fingerprint density at radius 3 is 2.71 bits per heavy atom. The fourth-order valence-electron chi connectivity index (χ4n) is 2.42. The number of nitro groups is 1. The van der Waals surface area contributed by atoms with Gasteiger partial charge in [-0.1, -0.05) is 0 Å². The minimum Gasteiger partial charge on any atom is -0.494 e. The van der Waals surface area contributed by atoms with Crippen LogP contribution >= 0.6 is 0 Å². The molecule has 0 radical (unpaired) electrons. The smallest absolute Gasteiger partial charge is 0.342 e. The average molecular weight is 294 g/mol. The molecule has 0 unspecified atom stereocenters. The highest BCUT2D eigenvalue weighted by Gasteiger charge is 2.20. The van der Waals surface area contributed by atoms with E-state index in [9.17, 15) is 14.9 Å². The molecule has 0 amide bonds. The Bertz CT molecular complexity index is 526. The fourth-order valence-corrected chi connectivity index (χ4v) is 2.42. The van der Waals surface area contributed by atoms with Crippen molar-refractivity contribution in [1.29, 1.82) is 0 Å². The van der Waals surface area contributed by atoms with Crippen molar-refractivity contribution in [3.8, 4) is 5.75 Å². The quantitative estimate of drug-likeness (QED) is 0.470. The Morgan fingerprint density at radius 1 is 1.38 bits per heavy atom. The van der Waals surface area contributed by atoms with E-state index in [-0.39, 0.29) is 5.56 Å². The largest absolute Gasteiger partial charge is 0.494 e. The number of nitrogens with zero attached hydrogens (tertiary/aromatic N) is 2. The van der Waals surface area contributed by atoms with Crippen molar-refractivity contribution in [3.05, 3.63) is 33.9 Å². The molecule has 1 N–H and O–H groups in total. The van der Waals surface area contributed by atoms with Gasteiger partial charge in [0.05, 0.1) is 11.5 Å².